The highest BCUT2D eigenvalue weighted by Gasteiger charge is 2.33. The molecule has 0 saturated heterocycles. The highest BCUT2D eigenvalue weighted by molar-refractivity contribution is 7.07. The Hall–Kier alpha value is -4.50. The predicted octanol–water partition coefficient (Wildman–Crippen LogP) is 2.42. The molecule has 0 radical (unpaired) electrons. The van der Waals surface area contributed by atoms with Gasteiger partial charge < -0.3 is 19.1 Å². The molecule has 1 atom stereocenters. The van der Waals surface area contributed by atoms with E-state index in [1.807, 2.05) is 30.3 Å². The van der Waals surface area contributed by atoms with E-state index in [1.165, 1.54) is 22.0 Å². The molecule has 4 aromatic rings. The largest absolute Gasteiger partial charge is 0.545 e. The van der Waals surface area contributed by atoms with E-state index >= 15 is 0 Å². The van der Waals surface area contributed by atoms with Gasteiger partial charge in [0.25, 0.3) is 5.56 Å². The van der Waals surface area contributed by atoms with E-state index in [2.05, 4.69) is 4.99 Å². The van der Waals surface area contributed by atoms with E-state index in [0.29, 0.717) is 37.7 Å². The van der Waals surface area contributed by atoms with Gasteiger partial charge in [0, 0.05) is 17.2 Å². The molecule has 0 amide bonds. The number of hydrogen-bond acceptors (Lipinski definition) is 8. The second-order valence-corrected chi connectivity index (χ2v) is 9.26. The van der Waals surface area contributed by atoms with Crippen LogP contribution in [-0.2, 0) is 9.53 Å². The summed E-state index contributed by atoms with van der Waals surface area (Å²) < 4.78 is 13.0. The van der Waals surface area contributed by atoms with E-state index in [9.17, 15) is 19.5 Å². The number of benzene rings is 2. The molecule has 1 aliphatic heterocycles. The van der Waals surface area contributed by atoms with Gasteiger partial charge in [0.15, 0.2) is 4.80 Å². The second-order valence-electron chi connectivity index (χ2n) is 8.25. The van der Waals surface area contributed by atoms with Crippen LogP contribution >= 0.6 is 11.3 Å². The number of carboxylic acid groups (broad SMARTS) is 1. The molecule has 3 heterocycles. The van der Waals surface area contributed by atoms with Crippen molar-refractivity contribution in [2.24, 2.45) is 4.99 Å². The lowest BCUT2D eigenvalue weighted by Crippen LogP contribution is -2.39. The maximum Gasteiger partial charge on any atom is 0.338 e. The first-order chi connectivity index (χ1) is 17.9. The van der Waals surface area contributed by atoms with Gasteiger partial charge in [0.05, 0.1) is 34.4 Å². The third-order valence-corrected chi connectivity index (χ3v) is 6.93. The highest BCUT2D eigenvalue weighted by atomic mass is 32.1. The number of nitrogens with zero attached hydrogens (tertiary/aromatic N) is 2. The van der Waals surface area contributed by atoms with E-state index in [-0.39, 0.29) is 17.7 Å². The van der Waals surface area contributed by atoms with Gasteiger partial charge in [0.1, 0.15) is 11.5 Å². The number of hydrogen-bond donors (Lipinski definition) is 0. The number of rotatable bonds is 6. The molecule has 2 aromatic carbocycles. The fourth-order valence-corrected chi connectivity index (χ4v) is 5.35. The minimum Gasteiger partial charge on any atom is -0.545 e. The van der Waals surface area contributed by atoms with Crippen LogP contribution in [-0.4, -0.2) is 23.1 Å². The summed E-state index contributed by atoms with van der Waals surface area (Å²) in [4.78, 5) is 43.0. The van der Waals surface area contributed by atoms with Gasteiger partial charge in [-0.3, -0.25) is 9.36 Å². The highest BCUT2D eigenvalue weighted by Crippen LogP contribution is 2.30. The van der Waals surface area contributed by atoms with Crippen LogP contribution < -0.4 is 20.0 Å². The smallest absolute Gasteiger partial charge is 0.338 e. The average Bonchev–Trinajstić information content (AvgIpc) is 3.48. The number of esters is 1. The van der Waals surface area contributed by atoms with Crippen molar-refractivity contribution in [2.75, 3.05) is 6.61 Å². The van der Waals surface area contributed by atoms with Crippen molar-refractivity contribution in [3.05, 3.63) is 115 Å². The van der Waals surface area contributed by atoms with Crippen molar-refractivity contribution >= 4 is 29.4 Å². The number of furan rings is 1. The Bertz CT molecular complexity index is 1730. The molecule has 2 aromatic heterocycles. The number of carboxylic acids is 1. The van der Waals surface area contributed by atoms with E-state index < -0.39 is 18.0 Å². The zero-order valence-electron chi connectivity index (χ0n) is 20.0. The molecule has 9 heteroatoms. The van der Waals surface area contributed by atoms with E-state index in [4.69, 9.17) is 9.15 Å². The Labute approximate surface area is 215 Å². The summed E-state index contributed by atoms with van der Waals surface area (Å²) in [7, 11) is 0. The minimum absolute atomic E-state index is 0.00704. The summed E-state index contributed by atoms with van der Waals surface area (Å²) in [6, 6.07) is 18.2. The predicted molar refractivity (Wildman–Crippen MR) is 135 cm³/mol. The molecular formula is C28H21N2O6S-. The number of aromatic carboxylic acids is 1. The standard InChI is InChI=1S/C28H22N2O6S/c1-3-35-27(34)23-16(2)29-28-30(24(23)17-9-5-4-6-10-17)25(31)22(37-28)15-18-13-14-21(36-18)19-11-7-8-12-20(19)26(32)33/h4-15,24H,3H2,1-2H3,(H,32,33)/p-1/b22-15+/t24-/m1/s1. The normalized spacial score (nSPS) is 15.3. The van der Waals surface area contributed by atoms with Gasteiger partial charge in [-0.25, -0.2) is 9.79 Å². The molecule has 0 unspecified atom stereocenters. The Balaban J connectivity index is 1.63. The lowest BCUT2D eigenvalue weighted by atomic mass is 9.96. The van der Waals surface area contributed by atoms with E-state index in [0.717, 1.165) is 5.56 Å². The SMILES string of the molecule is CCOC(=O)C1=C(C)N=c2s/c(=C/c3ccc(-c4ccccc4C(=O)[O-])o3)c(=O)n2[C@@H]1c1ccccc1. The Morgan fingerprint density at radius 2 is 1.84 bits per heavy atom. The van der Waals surface area contributed by atoms with Crippen LogP contribution in [0.5, 0.6) is 0 Å². The maximum atomic E-state index is 13.6. The van der Waals surface area contributed by atoms with Crippen molar-refractivity contribution in [3.8, 4) is 11.3 Å². The van der Waals surface area contributed by atoms with Crippen molar-refractivity contribution in [3.63, 3.8) is 0 Å². The topological polar surface area (TPSA) is 114 Å². The maximum absolute atomic E-state index is 13.6. The molecule has 5 rings (SSSR count). The third kappa shape index (κ3) is 4.45. The zero-order chi connectivity index (χ0) is 26.1. The molecule has 0 bridgehead atoms. The van der Waals surface area contributed by atoms with Crippen molar-refractivity contribution in [1.29, 1.82) is 0 Å². The number of fused-ring (bicyclic) bond motifs is 1. The Morgan fingerprint density at radius 1 is 1.11 bits per heavy atom. The summed E-state index contributed by atoms with van der Waals surface area (Å²) in [5.41, 5.74) is 1.60. The fourth-order valence-electron chi connectivity index (χ4n) is 4.32. The number of thiazole rings is 1. The van der Waals surface area contributed by atoms with Crippen LogP contribution in [0.4, 0.5) is 0 Å². The van der Waals surface area contributed by atoms with Gasteiger partial charge in [-0.1, -0.05) is 65.9 Å². The molecule has 0 aliphatic carbocycles. The first-order valence-electron chi connectivity index (χ1n) is 11.5. The van der Waals surface area contributed by atoms with Gasteiger partial charge in [-0.15, -0.1) is 0 Å². The number of ether oxygens (including phenoxy) is 1. The number of allylic oxidation sites excluding steroid dienone is 1. The molecule has 8 nitrogen and oxygen atoms in total. The quantitative estimate of drug-likeness (QED) is 0.366. The third-order valence-electron chi connectivity index (χ3n) is 5.94. The monoisotopic (exact) mass is 513 g/mol. The Morgan fingerprint density at radius 3 is 2.57 bits per heavy atom. The van der Waals surface area contributed by atoms with Crippen LogP contribution in [0.25, 0.3) is 17.4 Å². The second kappa shape index (κ2) is 9.87. The molecule has 186 valence electrons. The lowest BCUT2D eigenvalue weighted by molar-refractivity contribution is -0.255. The molecule has 0 spiro atoms. The van der Waals surface area contributed by atoms with Crippen molar-refractivity contribution in [1.82, 2.24) is 4.57 Å². The van der Waals surface area contributed by atoms with Crippen LogP contribution in [0.2, 0.25) is 0 Å². The van der Waals surface area contributed by atoms with Crippen molar-refractivity contribution in [2.45, 2.75) is 19.9 Å². The van der Waals surface area contributed by atoms with Crippen LogP contribution in [0, 0.1) is 0 Å². The first-order valence-corrected chi connectivity index (χ1v) is 12.4. The summed E-state index contributed by atoms with van der Waals surface area (Å²) in [5, 5.41) is 11.5. The summed E-state index contributed by atoms with van der Waals surface area (Å²) in [6.45, 7) is 3.65. The molecule has 1 aliphatic rings. The minimum atomic E-state index is -1.31. The first kappa shape index (κ1) is 24.2. The zero-order valence-corrected chi connectivity index (χ0v) is 20.8. The van der Waals surface area contributed by atoms with Crippen LogP contribution in [0.3, 0.4) is 0 Å². The Kier molecular flexibility index (Phi) is 6.45. The summed E-state index contributed by atoms with van der Waals surface area (Å²) in [6.07, 6.45) is 1.58. The molecule has 0 saturated carbocycles. The number of carbonyl (C=O) groups is 2. The lowest BCUT2D eigenvalue weighted by Gasteiger charge is -2.24. The number of carbonyl (C=O) groups excluding carboxylic acids is 2. The summed E-state index contributed by atoms with van der Waals surface area (Å²) in [5.74, 6) is -1.13. The van der Waals surface area contributed by atoms with E-state index in [1.54, 1.807) is 50.3 Å². The van der Waals surface area contributed by atoms with Crippen molar-refractivity contribution < 1.29 is 23.8 Å². The fraction of sp³-hybridized carbons (Fsp3) is 0.143. The van der Waals surface area contributed by atoms with Gasteiger partial charge in [-0.2, -0.15) is 0 Å². The van der Waals surface area contributed by atoms with Gasteiger partial charge in [-0.05, 0) is 31.5 Å². The molecule has 0 fully saturated rings. The molecule has 37 heavy (non-hydrogen) atoms. The van der Waals surface area contributed by atoms with Crippen LogP contribution in [0.1, 0.15) is 41.6 Å². The molecular weight excluding hydrogens is 492 g/mol. The van der Waals surface area contributed by atoms with Gasteiger partial charge >= 0.3 is 5.97 Å². The molecule has 0 N–H and O–H groups in total. The number of aromatic nitrogens is 1. The summed E-state index contributed by atoms with van der Waals surface area (Å²) >= 11 is 1.18. The van der Waals surface area contributed by atoms with Gasteiger partial charge in [0.2, 0.25) is 0 Å². The van der Waals surface area contributed by atoms with Crippen LogP contribution in [0.15, 0.2) is 92.2 Å². The average molecular weight is 514 g/mol.